The van der Waals surface area contributed by atoms with Crippen molar-refractivity contribution in [1.29, 1.82) is 0 Å². The first-order valence-corrected chi connectivity index (χ1v) is 27.2. The third-order valence-corrected chi connectivity index (χ3v) is 14.0. The summed E-state index contributed by atoms with van der Waals surface area (Å²) in [5.74, 6) is -6.87. The van der Waals surface area contributed by atoms with Gasteiger partial charge in [-0.25, -0.2) is 0 Å². The molecule has 0 saturated carbocycles. The van der Waals surface area contributed by atoms with Crippen molar-refractivity contribution in [3.63, 3.8) is 0 Å². The maximum absolute atomic E-state index is 14.8. The van der Waals surface area contributed by atoms with Gasteiger partial charge in [-0.05, 0) is 73.5 Å². The molecule has 0 aliphatic carbocycles. The summed E-state index contributed by atoms with van der Waals surface area (Å²) < 4.78 is 0. The van der Waals surface area contributed by atoms with Gasteiger partial charge in [-0.15, -0.1) is 0 Å². The first kappa shape index (κ1) is 60.5. The average molecular weight is 1120 g/mol. The monoisotopic (exact) mass is 1120 g/mol. The molecular formula is C56H70N12O9S2. The molecule has 2 aromatic heterocycles. The van der Waals surface area contributed by atoms with E-state index in [4.69, 9.17) is 17.2 Å². The van der Waals surface area contributed by atoms with Crippen LogP contribution in [-0.2, 0) is 64.0 Å². The molecule has 0 unspecified atom stereocenters. The normalized spacial score (nSPS) is 14.7. The van der Waals surface area contributed by atoms with Crippen LogP contribution in [0.2, 0.25) is 0 Å². The van der Waals surface area contributed by atoms with Crippen LogP contribution < -0.4 is 54.4 Å². The van der Waals surface area contributed by atoms with E-state index in [9.17, 15) is 43.5 Å². The predicted molar refractivity (Wildman–Crippen MR) is 307 cm³/mol. The molecular weight excluding hydrogens is 1050 g/mol. The Labute approximate surface area is 468 Å². The van der Waals surface area contributed by atoms with Gasteiger partial charge in [-0.2, -0.15) is 25.3 Å². The number of fused-ring (bicyclic) bond motifs is 2. The molecule has 0 bridgehead atoms. The summed E-state index contributed by atoms with van der Waals surface area (Å²) in [6, 6.07) is 22.1. The van der Waals surface area contributed by atoms with Gasteiger partial charge in [-0.1, -0.05) is 97.1 Å². The number of aliphatic hydroxyl groups excluding tert-OH is 1. The number of carbonyl (C=O) groups excluding carboxylic acids is 8. The minimum absolute atomic E-state index is 0.00180. The lowest BCUT2D eigenvalue weighted by atomic mass is 10.0. The standard InChI is InChI=1S/C56H70N12O9S2/c1-32(69)48(56(77)67-47(31-79)54(75)63-43(49(59)70)26-35-28-60-40-20-10-8-18-37(35)40)68-51(72)42(22-12-13-23-57)62-53(74)45(27-36-29-61-41-21-11-9-19-38(36)41)65-52(73)44(25-34-16-6-3-7-17-34)64-55(76)46(30-78)66-50(71)39(58)24-33-14-4-2-5-15-33/h2-11,14-21,28-29,32,39,42-48,60-61,69,78-79H,12-13,22-27,30-31,57-58H2,1H3,(H2,59,70)(H,62,74)(H,63,75)(H,64,76)(H,65,73)(H,66,71)(H,67,77)(H,68,72)/t32-,39-,42+,43+,44+,45-,46+,47+,48+/m1/s1. The summed E-state index contributed by atoms with van der Waals surface area (Å²) in [5, 5.41) is 31.1. The Morgan fingerprint density at radius 3 is 1.39 bits per heavy atom. The van der Waals surface area contributed by atoms with Crippen LogP contribution in [0.25, 0.3) is 21.8 Å². The number of hydrogen-bond acceptors (Lipinski definition) is 13. The number of amides is 8. The van der Waals surface area contributed by atoms with E-state index in [0.29, 0.717) is 29.5 Å². The van der Waals surface area contributed by atoms with Crippen LogP contribution in [-0.4, -0.2) is 135 Å². The van der Waals surface area contributed by atoms with Crippen molar-refractivity contribution >= 4 is 94.3 Å². The summed E-state index contributed by atoms with van der Waals surface area (Å²) in [7, 11) is 0. The fourth-order valence-corrected chi connectivity index (χ4v) is 9.45. The molecule has 0 saturated heterocycles. The maximum Gasteiger partial charge on any atom is 0.245 e. The Morgan fingerprint density at radius 1 is 0.494 bits per heavy atom. The number of nitrogens with two attached hydrogens (primary N) is 3. The molecule has 0 radical (unpaired) electrons. The third-order valence-electron chi connectivity index (χ3n) is 13.3. The van der Waals surface area contributed by atoms with Gasteiger partial charge in [0.15, 0.2) is 0 Å². The van der Waals surface area contributed by atoms with Crippen molar-refractivity contribution in [2.24, 2.45) is 17.2 Å². The molecule has 6 rings (SSSR count). The van der Waals surface area contributed by atoms with Gasteiger partial charge in [0.25, 0.3) is 0 Å². The molecule has 0 spiro atoms. The van der Waals surface area contributed by atoms with Crippen LogP contribution in [0.3, 0.4) is 0 Å². The molecule has 8 amide bonds. The SMILES string of the molecule is C[C@@H](O)[C@H](NC(=O)[C@H](CCCCN)NC(=O)[C@@H](Cc1c[nH]c2ccccc12)NC(=O)[C@H](Cc1ccccc1)NC(=O)[C@H](CS)NC(=O)[C@H](N)Cc1ccccc1)C(=O)N[C@@H](CS)C(=O)N[C@@H](Cc1c[nH]c2ccccc12)C(N)=O. The molecule has 0 aliphatic rings. The molecule has 0 aliphatic heterocycles. The summed E-state index contributed by atoms with van der Waals surface area (Å²) in [6.07, 6.45) is 2.70. The van der Waals surface area contributed by atoms with Crippen LogP contribution in [0.1, 0.15) is 48.4 Å². The number of nitrogens with one attached hydrogen (secondary N) is 9. The van der Waals surface area contributed by atoms with Gasteiger partial charge in [-0.3, -0.25) is 38.4 Å². The zero-order chi connectivity index (χ0) is 57.0. The molecule has 9 atom stereocenters. The number of aromatic amines is 2. The van der Waals surface area contributed by atoms with Gasteiger partial charge in [0, 0.05) is 65.0 Å². The average Bonchev–Trinajstić information content (AvgIpc) is 4.07. The first-order valence-electron chi connectivity index (χ1n) is 25.9. The minimum Gasteiger partial charge on any atom is -0.391 e. The second-order valence-corrected chi connectivity index (χ2v) is 20.0. The van der Waals surface area contributed by atoms with Crippen LogP contribution in [0.4, 0.5) is 0 Å². The zero-order valence-corrected chi connectivity index (χ0v) is 45.4. The number of para-hydroxylation sites is 2. The zero-order valence-electron chi connectivity index (χ0n) is 43.7. The minimum atomic E-state index is -1.68. The lowest BCUT2D eigenvalue weighted by Gasteiger charge is -2.28. The summed E-state index contributed by atoms with van der Waals surface area (Å²) in [4.78, 5) is 117. The second kappa shape index (κ2) is 29.9. The van der Waals surface area contributed by atoms with E-state index in [1.54, 1.807) is 42.7 Å². The highest BCUT2D eigenvalue weighted by atomic mass is 32.1. The fraction of sp³-hybridized carbons (Fsp3) is 0.357. The van der Waals surface area contributed by atoms with Crippen LogP contribution in [0.15, 0.2) is 122 Å². The molecule has 21 nitrogen and oxygen atoms in total. The van der Waals surface area contributed by atoms with Crippen LogP contribution in [0, 0.1) is 0 Å². The van der Waals surface area contributed by atoms with Gasteiger partial charge < -0.3 is 69.5 Å². The number of H-pyrrole nitrogens is 2. The van der Waals surface area contributed by atoms with Crippen molar-refractivity contribution in [2.45, 2.75) is 106 Å². The highest BCUT2D eigenvalue weighted by molar-refractivity contribution is 7.80. The third kappa shape index (κ3) is 17.4. The number of unbranched alkanes of at least 4 members (excludes halogenated alkanes) is 1. The Kier molecular flexibility index (Phi) is 22.9. The van der Waals surface area contributed by atoms with Crippen molar-refractivity contribution in [3.8, 4) is 0 Å². The topological polar surface area (TPSA) is 351 Å². The van der Waals surface area contributed by atoms with Crippen molar-refractivity contribution < 1.29 is 43.5 Å². The largest absolute Gasteiger partial charge is 0.391 e. The quantitative estimate of drug-likeness (QED) is 0.0218. The molecule has 420 valence electrons. The number of benzene rings is 4. The second-order valence-electron chi connectivity index (χ2n) is 19.3. The van der Waals surface area contributed by atoms with Gasteiger partial charge >= 0.3 is 0 Å². The van der Waals surface area contributed by atoms with E-state index >= 15 is 0 Å². The smallest absolute Gasteiger partial charge is 0.245 e. The Bertz CT molecular complexity index is 3030. The Morgan fingerprint density at radius 2 is 0.899 bits per heavy atom. The van der Waals surface area contributed by atoms with E-state index in [1.807, 2.05) is 78.9 Å². The van der Waals surface area contributed by atoms with Gasteiger partial charge in [0.05, 0.1) is 12.1 Å². The molecule has 6 aromatic rings. The number of carbonyl (C=O) groups is 8. The van der Waals surface area contributed by atoms with E-state index in [-0.39, 0.29) is 50.2 Å². The first-order chi connectivity index (χ1) is 38.0. The lowest BCUT2D eigenvalue weighted by Crippen LogP contribution is -2.62. The van der Waals surface area contributed by atoms with E-state index in [0.717, 1.165) is 27.4 Å². The number of rotatable bonds is 30. The molecule has 79 heavy (non-hydrogen) atoms. The van der Waals surface area contributed by atoms with E-state index < -0.39 is 102 Å². The Hall–Kier alpha value is -7.70. The number of aromatic nitrogens is 2. The summed E-state index contributed by atoms with van der Waals surface area (Å²) in [6.45, 7) is 1.50. The lowest BCUT2D eigenvalue weighted by molar-refractivity contribution is -0.136. The molecule has 2 heterocycles. The predicted octanol–water partition coefficient (Wildman–Crippen LogP) is 0.495. The van der Waals surface area contributed by atoms with E-state index in [1.165, 1.54) is 6.92 Å². The van der Waals surface area contributed by atoms with Crippen LogP contribution >= 0.6 is 25.3 Å². The highest BCUT2D eigenvalue weighted by Crippen LogP contribution is 2.21. The Balaban J connectivity index is 1.20. The number of primary amides is 1. The van der Waals surface area contributed by atoms with Gasteiger partial charge in [0.1, 0.15) is 42.3 Å². The van der Waals surface area contributed by atoms with Crippen molar-refractivity contribution in [2.75, 3.05) is 18.1 Å². The maximum atomic E-state index is 14.8. The summed E-state index contributed by atoms with van der Waals surface area (Å²) >= 11 is 8.60. The van der Waals surface area contributed by atoms with Crippen molar-refractivity contribution in [1.82, 2.24) is 47.2 Å². The fourth-order valence-electron chi connectivity index (χ4n) is 8.93. The van der Waals surface area contributed by atoms with E-state index in [2.05, 4.69) is 72.4 Å². The van der Waals surface area contributed by atoms with Crippen LogP contribution in [0.5, 0.6) is 0 Å². The molecule has 4 aromatic carbocycles. The van der Waals surface area contributed by atoms with Gasteiger partial charge in [0.2, 0.25) is 47.3 Å². The number of hydrogen-bond donors (Lipinski definition) is 15. The van der Waals surface area contributed by atoms with Crippen molar-refractivity contribution in [3.05, 3.63) is 144 Å². The molecule has 23 heteroatoms. The molecule has 16 N–H and O–H groups in total. The molecule has 0 fully saturated rings. The highest BCUT2D eigenvalue weighted by Gasteiger charge is 2.36. The number of aliphatic hydroxyl groups is 1. The summed E-state index contributed by atoms with van der Waals surface area (Å²) in [5.41, 5.74) is 22.1. The number of thiol groups is 2.